The van der Waals surface area contributed by atoms with Crippen molar-refractivity contribution < 1.29 is 9.47 Å². The van der Waals surface area contributed by atoms with E-state index in [1.165, 1.54) is 17.5 Å². The van der Waals surface area contributed by atoms with Gasteiger partial charge in [-0.2, -0.15) is 0 Å². The standard InChI is InChI=1S/C14H19NO2/c15-12(9-14-16-5-6-17-14)8-11-7-10-3-1-2-4-13(10)11/h1-4,11-12,14H,5-9,15H2. The molecule has 1 aromatic rings. The van der Waals surface area contributed by atoms with Gasteiger partial charge in [-0.1, -0.05) is 24.3 Å². The SMILES string of the molecule is NC(CC1OCCO1)CC1Cc2ccccc21. The lowest BCUT2D eigenvalue weighted by Gasteiger charge is -2.32. The van der Waals surface area contributed by atoms with Crippen molar-refractivity contribution in [3.05, 3.63) is 35.4 Å². The van der Waals surface area contributed by atoms with Crippen LogP contribution in [0.3, 0.4) is 0 Å². The topological polar surface area (TPSA) is 44.5 Å². The molecule has 1 saturated heterocycles. The Bertz CT molecular complexity index is 388. The molecular weight excluding hydrogens is 214 g/mol. The zero-order valence-electron chi connectivity index (χ0n) is 9.97. The van der Waals surface area contributed by atoms with Crippen molar-refractivity contribution in [1.82, 2.24) is 0 Å². The van der Waals surface area contributed by atoms with Crippen LogP contribution in [0.25, 0.3) is 0 Å². The van der Waals surface area contributed by atoms with Gasteiger partial charge >= 0.3 is 0 Å². The van der Waals surface area contributed by atoms with Crippen LogP contribution in [0.2, 0.25) is 0 Å². The van der Waals surface area contributed by atoms with Crippen molar-refractivity contribution in [2.75, 3.05) is 13.2 Å². The maximum Gasteiger partial charge on any atom is 0.159 e. The minimum absolute atomic E-state index is 0.0691. The summed E-state index contributed by atoms with van der Waals surface area (Å²) in [5, 5.41) is 0. The Morgan fingerprint density at radius 2 is 1.94 bits per heavy atom. The molecule has 2 aliphatic rings. The zero-order chi connectivity index (χ0) is 11.7. The van der Waals surface area contributed by atoms with E-state index in [1.807, 2.05) is 0 Å². The molecule has 0 aromatic heterocycles. The number of hydrogen-bond acceptors (Lipinski definition) is 3. The fourth-order valence-electron chi connectivity index (χ4n) is 2.83. The third-order valence-electron chi connectivity index (χ3n) is 3.73. The molecule has 0 bridgehead atoms. The molecule has 1 aromatic carbocycles. The third-order valence-corrected chi connectivity index (χ3v) is 3.73. The first-order valence-electron chi connectivity index (χ1n) is 6.39. The first kappa shape index (κ1) is 11.2. The molecule has 0 spiro atoms. The summed E-state index contributed by atoms with van der Waals surface area (Å²) in [4.78, 5) is 0. The monoisotopic (exact) mass is 233 g/mol. The lowest BCUT2D eigenvalue weighted by atomic mass is 9.74. The van der Waals surface area contributed by atoms with Gasteiger partial charge in [0.1, 0.15) is 0 Å². The normalized spacial score (nSPS) is 25.4. The van der Waals surface area contributed by atoms with Crippen molar-refractivity contribution in [3.8, 4) is 0 Å². The van der Waals surface area contributed by atoms with E-state index in [-0.39, 0.29) is 12.3 Å². The molecule has 1 aliphatic carbocycles. The Kier molecular flexibility index (Phi) is 3.14. The lowest BCUT2D eigenvalue weighted by Crippen LogP contribution is -2.31. The fraction of sp³-hybridized carbons (Fsp3) is 0.571. The Morgan fingerprint density at radius 1 is 1.18 bits per heavy atom. The smallest absolute Gasteiger partial charge is 0.159 e. The summed E-state index contributed by atoms with van der Waals surface area (Å²) in [5.74, 6) is 0.641. The van der Waals surface area contributed by atoms with Crippen molar-refractivity contribution >= 4 is 0 Å². The summed E-state index contributed by atoms with van der Waals surface area (Å²) in [6, 6.07) is 8.82. The summed E-state index contributed by atoms with van der Waals surface area (Å²) >= 11 is 0. The molecular formula is C14H19NO2. The van der Waals surface area contributed by atoms with Crippen molar-refractivity contribution in [3.63, 3.8) is 0 Å². The second kappa shape index (κ2) is 4.77. The van der Waals surface area contributed by atoms with E-state index >= 15 is 0 Å². The molecule has 0 saturated carbocycles. The van der Waals surface area contributed by atoms with Crippen LogP contribution in [0, 0.1) is 0 Å². The van der Waals surface area contributed by atoms with E-state index in [1.54, 1.807) is 0 Å². The second-order valence-corrected chi connectivity index (χ2v) is 5.00. The van der Waals surface area contributed by atoms with Gasteiger partial charge in [0.05, 0.1) is 13.2 Å². The molecule has 17 heavy (non-hydrogen) atoms. The molecule has 92 valence electrons. The number of hydrogen-bond donors (Lipinski definition) is 1. The minimum atomic E-state index is -0.0691. The van der Waals surface area contributed by atoms with Crippen LogP contribution in [-0.4, -0.2) is 25.5 Å². The molecule has 1 heterocycles. The molecule has 3 heteroatoms. The van der Waals surface area contributed by atoms with Crippen LogP contribution in [0.15, 0.2) is 24.3 Å². The second-order valence-electron chi connectivity index (χ2n) is 5.00. The van der Waals surface area contributed by atoms with Gasteiger partial charge in [0.25, 0.3) is 0 Å². The molecule has 3 rings (SSSR count). The Morgan fingerprint density at radius 3 is 2.71 bits per heavy atom. The lowest BCUT2D eigenvalue weighted by molar-refractivity contribution is -0.0513. The molecule has 3 nitrogen and oxygen atoms in total. The zero-order valence-corrected chi connectivity index (χ0v) is 9.97. The summed E-state index contributed by atoms with van der Waals surface area (Å²) in [6.07, 6.45) is 2.97. The van der Waals surface area contributed by atoms with Gasteiger partial charge in [-0.3, -0.25) is 0 Å². The van der Waals surface area contributed by atoms with Crippen LogP contribution in [0.1, 0.15) is 29.9 Å². The Labute approximate surface area is 102 Å². The van der Waals surface area contributed by atoms with Gasteiger partial charge in [0.2, 0.25) is 0 Å². The fourth-order valence-corrected chi connectivity index (χ4v) is 2.83. The maximum absolute atomic E-state index is 6.16. The average Bonchev–Trinajstić information content (AvgIpc) is 2.79. The average molecular weight is 233 g/mol. The molecule has 0 radical (unpaired) electrons. The highest BCUT2D eigenvalue weighted by molar-refractivity contribution is 5.39. The highest BCUT2D eigenvalue weighted by atomic mass is 16.7. The van der Waals surface area contributed by atoms with E-state index < -0.39 is 0 Å². The quantitative estimate of drug-likeness (QED) is 0.862. The maximum atomic E-state index is 6.16. The van der Waals surface area contributed by atoms with Crippen LogP contribution in [0.4, 0.5) is 0 Å². The predicted octanol–water partition coefficient (Wildman–Crippen LogP) is 1.81. The van der Waals surface area contributed by atoms with Crippen LogP contribution < -0.4 is 5.73 Å². The molecule has 1 aliphatic heterocycles. The van der Waals surface area contributed by atoms with E-state index in [2.05, 4.69) is 24.3 Å². The summed E-state index contributed by atoms with van der Waals surface area (Å²) < 4.78 is 10.8. The van der Waals surface area contributed by atoms with Gasteiger partial charge in [-0.15, -0.1) is 0 Å². The summed E-state index contributed by atoms with van der Waals surface area (Å²) in [5.41, 5.74) is 9.13. The van der Waals surface area contributed by atoms with Gasteiger partial charge in [-0.05, 0) is 29.9 Å². The highest BCUT2D eigenvalue weighted by Crippen LogP contribution is 2.38. The summed E-state index contributed by atoms with van der Waals surface area (Å²) in [7, 11) is 0. The first-order chi connectivity index (χ1) is 8.33. The number of fused-ring (bicyclic) bond motifs is 1. The molecule has 2 atom stereocenters. The van der Waals surface area contributed by atoms with Gasteiger partial charge in [0.15, 0.2) is 6.29 Å². The van der Waals surface area contributed by atoms with Gasteiger partial charge in [0, 0.05) is 12.5 Å². The largest absolute Gasteiger partial charge is 0.350 e. The first-order valence-corrected chi connectivity index (χ1v) is 6.39. The summed E-state index contributed by atoms with van der Waals surface area (Å²) in [6.45, 7) is 1.42. The van der Waals surface area contributed by atoms with Crippen LogP contribution in [0.5, 0.6) is 0 Å². The predicted molar refractivity (Wildman–Crippen MR) is 65.8 cm³/mol. The van der Waals surface area contributed by atoms with Crippen molar-refractivity contribution in [2.45, 2.75) is 37.5 Å². The van der Waals surface area contributed by atoms with E-state index in [0.717, 1.165) is 12.8 Å². The molecule has 2 N–H and O–H groups in total. The van der Waals surface area contributed by atoms with Crippen LogP contribution in [-0.2, 0) is 15.9 Å². The molecule has 2 unspecified atom stereocenters. The number of rotatable bonds is 4. The third kappa shape index (κ3) is 2.37. The number of benzene rings is 1. The van der Waals surface area contributed by atoms with Crippen molar-refractivity contribution in [1.29, 1.82) is 0 Å². The van der Waals surface area contributed by atoms with Crippen LogP contribution >= 0.6 is 0 Å². The Balaban J connectivity index is 1.51. The Hall–Kier alpha value is -0.900. The highest BCUT2D eigenvalue weighted by Gasteiger charge is 2.28. The van der Waals surface area contributed by atoms with Gasteiger partial charge < -0.3 is 15.2 Å². The van der Waals surface area contributed by atoms with E-state index in [0.29, 0.717) is 19.1 Å². The van der Waals surface area contributed by atoms with E-state index in [4.69, 9.17) is 15.2 Å². The van der Waals surface area contributed by atoms with Crippen molar-refractivity contribution in [2.24, 2.45) is 5.73 Å². The molecule has 1 fully saturated rings. The minimum Gasteiger partial charge on any atom is -0.350 e. The molecule has 0 amide bonds. The number of nitrogens with two attached hydrogens (primary N) is 1. The number of ether oxygens (including phenoxy) is 2. The van der Waals surface area contributed by atoms with E-state index in [9.17, 15) is 0 Å². The van der Waals surface area contributed by atoms with Gasteiger partial charge in [-0.25, -0.2) is 0 Å².